The average molecular weight is 314 g/mol. The number of benzene rings is 1. The van der Waals surface area contributed by atoms with Gasteiger partial charge in [-0.3, -0.25) is 0 Å². The van der Waals surface area contributed by atoms with Gasteiger partial charge in [0.15, 0.2) is 11.5 Å². The first-order valence-electron chi connectivity index (χ1n) is 9.48. The standard InChI is InChI=1S/C21H30O2/c1-4-14-6-8-18-16-7-5-13-11-19(22)20(23-3)12-17(13)15(16)9-10-21(14,18)2/h11-12,14-16,18,22H,4-10H2,1-3H3/t14-,15?,16?,18?,21?/m0/s1. The Hall–Kier alpha value is -1.18. The van der Waals surface area contributed by atoms with Crippen molar-refractivity contribution >= 4 is 0 Å². The minimum absolute atomic E-state index is 0.303. The van der Waals surface area contributed by atoms with Gasteiger partial charge in [-0.1, -0.05) is 20.3 Å². The molecule has 2 saturated carbocycles. The summed E-state index contributed by atoms with van der Waals surface area (Å²) >= 11 is 0. The molecule has 2 fully saturated rings. The molecule has 5 atom stereocenters. The lowest BCUT2D eigenvalue weighted by molar-refractivity contribution is 0.0273. The van der Waals surface area contributed by atoms with E-state index in [4.69, 9.17) is 4.74 Å². The van der Waals surface area contributed by atoms with Crippen molar-refractivity contribution in [3.63, 3.8) is 0 Å². The third-order valence-corrected chi connectivity index (χ3v) is 7.71. The minimum atomic E-state index is 0.303. The predicted octanol–water partition coefficient (Wildman–Crippen LogP) is 5.28. The van der Waals surface area contributed by atoms with Crippen molar-refractivity contribution in [2.75, 3.05) is 7.11 Å². The molecule has 4 unspecified atom stereocenters. The molecule has 3 aliphatic carbocycles. The van der Waals surface area contributed by atoms with Gasteiger partial charge < -0.3 is 9.84 Å². The van der Waals surface area contributed by atoms with Crippen molar-refractivity contribution in [2.24, 2.45) is 23.2 Å². The summed E-state index contributed by atoms with van der Waals surface area (Å²) in [4.78, 5) is 0. The van der Waals surface area contributed by atoms with Gasteiger partial charge >= 0.3 is 0 Å². The predicted molar refractivity (Wildman–Crippen MR) is 93.1 cm³/mol. The van der Waals surface area contributed by atoms with Gasteiger partial charge in [-0.15, -0.1) is 0 Å². The largest absolute Gasteiger partial charge is 0.504 e. The summed E-state index contributed by atoms with van der Waals surface area (Å²) < 4.78 is 5.38. The molecule has 4 rings (SSSR count). The van der Waals surface area contributed by atoms with Crippen LogP contribution in [-0.4, -0.2) is 12.2 Å². The quantitative estimate of drug-likeness (QED) is 0.804. The summed E-state index contributed by atoms with van der Waals surface area (Å²) in [6.07, 6.45) is 9.34. The van der Waals surface area contributed by atoms with E-state index in [-0.39, 0.29) is 0 Å². The molecule has 0 amide bonds. The monoisotopic (exact) mass is 314 g/mol. The van der Waals surface area contributed by atoms with Gasteiger partial charge in [0.25, 0.3) is 0 Å². The first-order valence-corrected chi connectivity index (χ1v) is 9.48. The molecule has 0 radical (unpaired) electrons. The van der Waals surface area contributed by atoms with Gasteiger partial charge in [0.1, 0.15) is 0 Å². The summed E-state index contributed by atoms with van der Waals surface area (Å²) in [5.74, 6) is 4.31. The molecular formula is C21H30O2. The zero-order valence-electron chi connectivity index (χ0n) is 14.8. The van der Waals surface area contributed by atoms with Crippen LogP contribution in [0, 0.1) is 23.2 Å². The Morgan fingerprint density at radius 1 is 1.22 bits per heavy atom. The molecule has 0 spiro atoms. The number of aromatic hydroxyl groups is 1. The average Bonchev–Trinajstić information content (AvgIpc) is 2.90. The van der Waals surface area contributed by atoms with Crippen LogP contribution >= 0.6 is 0 Å². The van der Waals surface area contributed by atoms with Gasteiger partial charge in [-0.25, -0.2) is 0 Å². The zero-order valence-corrected chi connectivity index (χ0v) is 14.8. The van der Waals surface area contributed by atoms with E-state index in [0.717, 1.165) is 24.2 Å². The summed E-state index contributed by atoms with van der Waals surface area (Å²) in [5.41, 5.74) is 3.41. The second-order valence-corrected chi connectivity index (χ2v) is 8.37. The van der Waals surface area contributed by atoms with Crippen LogP contribution in [0.4, 0.5) is 0 Å². The van der Waals surface area contributed by atoms with E-state index in [9.17, 15) is 5.11 Å². The number of phenols is 1. The van der Waals surface area contributed by atoms with Crippen LogP contribution in [0.1, 0.15) is 69.4 Å². The van der Waals surface area contributed by atoms with Crippen LogP contribution in [-0.2, 0) is 6.42 Å². The number of hydrogen-bond donors (Lipinski definition) is 1. The number of ether oxygens (including phenoxy) is 1. The third-order valence-electron chi connectivity index (χ3n) is 7.71. The summed E-state index contributed by atoms with van der Waals surface area (Å²) in [6.45, 7) is 4.97. The summed E-state index contributed by atoms with van der Waals surface area (Å²) in [5, 5.41) is 10.1. The molecule has 0 heterocycles. The molecule has 1 N–H and O–H groups in total. The summed E-state index contributed by atoms with van der Waals surface area (Å²) in [6, 6.07) is 4.10. The van der Waals surface area contributed by atoms with Crippen LogP contribution in [0.3, 0.4) is 0 Å². The molecule has 23 heavy (non-hydrogen) atoms. The Kier molecular flexibility index (Phi) is 3.62. The Labute approximate surface area is 140 Å². The molecule has 126 valence electrons. The lowest BCUT2D eigenvalue weighted by Gasteiger charge is -2.51. The molecular weight excluding hydrogens is 284 g/mol. The van der Waals surface area contributed by atoms with Crippen molar-refractivity contribution in [1.29, 1.82) is 0 Å². The van der Waals surface area contributed by atoms with E-state index in [1.54, 1.807) is 7.11 Å². The van der Waals surface area contributed by atoms with Crippen LogP contribution < -0.4 is 4.74 Å². The number of phenolic OH excluding ortho intramolecular Hbond substituents is 1. The fourth-order valence-corrected chi connectivity index (χ4v) is 6.53. The van der Waals surface area contributed by atoms with E-state index >= 15 is 0 Å². The second kappa shape index (κ2) is 5.43. The third kappa shape index (κ3) is 2.13. The fourth-order valence-electron chi connectivity index (χ4n) is 6.53. The van der Waals surface area contributed by atoms with Crippen molar-refractivity contribution in [2.45, 2.75) is 64.7 Å². The molecule has 0 aromatic heterocycles. The zero-order chi connectivity index (χ0) is 16.2. The van der Waals surface area contributed by atoms with E-state index in [1.165, 1.54) is 49.7 Å². The highest BCUT2D eigenvalue weighted by molar-refractivity contribution is 5.49. The molecule has 3 aliphatic rings. The van der Waals surface area contributed by atoms with Crippen LogP contribution in [0.25, 0.3) is 0 Å². The van der Waals surface area contributed by atoms with Crippen LogP contribution in [0.15, 0.2) is 12.1 Å². The number of fused-ring (bicyclic) bond motifs is 5. The highest BCUT2D eigenvalue weighted by Gasteiger charge is 2.54. The lowest BCUT2D eigenvalue weighted by Crippen LogP contribution is -2.42. The highest BCUT2D eigenvalue weighted by atomic mass is 16.5. The van der Waals surface area contributed by atoms with Crippen molar-refractivity contribution in [3.05, 3.63) is 23.3 Å². The van der Waals surface area contributed by atoms with E-state index in [1.807, 2.05) is 6.07 Å². The highest BCUT2D eigenvalue weighted by Crippen LogP contribution is 2.63. The maximum atomic E-state index is 10.1. The van der Waals surface area contributed by atoms with E-state index in [2.05, 4.69) is 19.9 Å². The van der Waals surface area contributed by atoms with Crippen LogP contribution in [0.5, 0.6) is 11.5 Å². The van der Waals surface area contributed by atoms with Crippen molar-refractivity contribution < 1.29 is 9.84 Å². The molecule has 0 bridgehead atoms. The second-order valence-electron chi connectivity index (χ2n) is 8.37. The van der Waals surface area contributed by atoms with Gasteiger partial charge in [0, 0.05) is 0 Å². The Morgan fingerprint density at radius 3 is 2.78 bits per heavy atom. The maximum absolute atomic E-state index is 10.1. The van der Waals surface area contributed by atoms with Crippen molar-refractivity contribution in [3.8, 4) is 11.5 Å². The molecule has 1 aromatic carbocycles. The van der Waals surface area contributed by atoms with Crippen LogP contribution in [0.2, 0.25) is 0 Å². The lowest BCUT2D eigenvalue weighted by atomic mass is 9.54. The molecule has 2 nitrogen and oxygen atoms in total. The Morgan fingerprint density at radius 2 is 2.04 bits per heavy atom. The first kappa shape index (κ1) is 15.4. The van der Waals surface area contributed by atoms with Gasteiger partial charge in [-0.2, -0.15) is 0 Å². The van der Waals surface area contributed by atoms with E-state index in [0.29, 0.717) is 22.8 Å². The molecule has 2 heteroatoms. The SMILES string of the molecule is CC[C@H]1CCC2C3CCc4cc(O)c(OC)cc4C3CCC21C. The molecule has 0 saturated heterocycles. The van der Waals surface area contributed by atoms with Gasteiger partial charge in [0.2, 0.25) is 0 Å². The number of aryl methyl sites for hydroxylation is 1. The smallest absolute Gasteiger partial charge is 0.160 e. The number of methoxy groups -OCH3 is 1. The molecule has 1 aromatic rings. The fraction of sp³-hybridized carbons (Fsp3) is 0.714. The molecule has 0 aliphatic heterocycles. The Bertz CT molecular complexity index is 608. The van der Waals surface area contributed by atoms with E-state index < -0.39 is 0 Å². The van der Waals surface area contributed by atoms with Crippen molar-refractivity contribution in [1.82, 2.24) is 0 Å². The topological polar surface area (TPSA) is 29.5 Å². The first-order chi connectivity index (χ1) is 11.1. The number of hydrogen-bond acceptors (Lipinski definition) is 2. The van der Waals surface area contributed by atoms with Gasteiger partial charge in [-0.05, 0) is 90.9 Å². The minimum Gasteiger partial charge on any atom is -0.504 e. The normalized spacial score (nSPS) is 38.6. The Balaban J connectivity index is 1.70. The number of rotatable bonds is 2. The summed E-state index contributed by atoms with van der Waals surface area (Å²) in [7, 11) is 1.66. The maximum Gasteiger partial charge on any atom is 0.160 e. The van der Waals surface area contributed by atoms with Gasteiger partial charge in [0.05, 0.1) is 7.11 Å².